The first-order chi connectivity index (χ1) is 8.15. The van der Waals surface area contributed by atoms with Gasteiger partial charge in [0.15, 0.2) is 0 Å². The summed E-state index contributed by atoms with van der Waals surface area (Å²) in [6, 6.07) is 1.81. The van der Waals surface area contributed by atoms with Crippen molar-refractivity contribution in [2.24, 2.45) is 5.92 Å². The number of anilines is 1. The summed E-state index contributed by atoms with van der Waals surface area (Å²) in [5, 5.41) is 12.0. The molecule has 0 saturated heterocycles. The van der Waals surface area contributed by atoms with Crippen molar-refractivity contribution in [1.29, 1.82) is 0 Å². The highest BCUT2D eigenvalue weighted by Crippen LogP contribution is 2.12. The SMILES string of the molecule is CCOc1cc(C)nc(NCC(C)CCO)n1. The molecule has 0 aromatic carbocycles. The normalized spacial score (nSPS) is 12.2. The number of nitrogens with one attached hydrogen (secondary N) is 1. The van der Waals surface area contributed by atoms with Crippen LogP contribution in [0.1, 0.15) is 26.0 Å². The Morgan fingerprint density at radius 1 is 1.47 bits per heavy atom. The summed E-state index contributed by atoms with van der Waals surface area (Å²) in [5.41, 5.74) is 0.876. The Labute approximate surface area is 102 Å². The molecule has 2 N–H and O–H groups in total. The Balaban J connectivity index is 2.57. The van der Waals surface area contributed by atoms with Gasteiger partial charge in [-0.1, -0.05) is 6.92 Å². The molecule has 1 aromatic heterocycles. The third-order valence-corrected chi connectivity index (χ3v) is 2.35. The first kappa shape index (κ1) is 13.7. The molecule has 0 spiro atoms. The van der Waals surface area contributed by atoms with Gasteiger partial charge in [0, 0.05) is 24.9 Å². The molecule has 0 aliphatic rings. The molecule has 0 radical (unpaired) electrons. The van der Waals surface area contributed by atoms with Crippen LogP contribution in [0.5, 0.6) is 5.88 Å². The van der Waals surface area contributed by atoms with Gasteiger partial charge in [0.2, 0.25) is 11.8 Å². The zero-order chi connectivity index (χ0) is 12.7. The molecule has 1 aromatic rings. The molecule has 0 fully saturated rings. The van der Waals surface area contributed by atoms with E-state index in [4.69, 9.17) is 9.84 Å². The van der Waals surface area contributed by atoms with Crippen LogP contribution in [0.2, 0.25) is 0 Å². The van der Waals surface area contributed by atoms with Crippen LogP contribution in [0.15, 0.2) is 6.07 Å². The van der Waals surface area contributed by atoms with Crippen LogP contribution in [-0.2, 0) is 0 Å². The van der Waals surface area contributed by atoms with E-state index in [1.165, 1.54) is 0 Å². The number of aliphatic hydroxyl groups is 1. The third kappa shape index (κ3) is 4.99. The number of aliphatic hydroxyl groups excluding tert-OH is 1. The minimum Gasteiger partial charge on any atom is -0.478 e. The summed E-state index contributed by atoms with van der Waals surface area (Å²) < 4.78 is 5.35. The molecule has 0 saturated carbocycles. The average Bonchev–Trinajstić information content (AvgIpc) is 2.26. The highest BCUT2D eigenvalue weighted by atomic mass is 16.5. The fourth-order valence-electron chi connectivity index (χ4n) is 1.43. The van der Waals surface area contributed by atoms with E-state index in [0.29, 0.717) is 24.4 Å². The van der Waals surface area contributed by atoms with Crippen LogP contribution in [-0.4, -0.2) is 34.8 Å². The molecule has 1 heterocycles. The van der Waals surface area contributed by atoms with Crippen molar-refractivity contribution in [3.63, 3.8) is 0 Å². The Morgan fingerprint density at radius 3 is 2.88 bits per heavy atom. The number of aryl methyl sites for hydroxylation is 1. The van der Waals surface area contributed by atoms with E-state index in [9.17, 15) is 0 Å². The van der Waals surface area contributed by atoms with E-state index in [1.54, 1.807) is 0 Å². The van der Waals surface area contributed by atoms with E-state index >= 15 is 0 Å². The van der Waals surface area contributed by atoms with E-state index in [-0.39, 0.29) is 6.61 Å². The molecule has 0 aliphatic heterocycles. The van der Waals surface area contributed by atoms with E-state index < -0.39 is 0 Å². The largest absolute Gasteiger partial charge is 0.478 e. The van der Waals surface area contributed by atoms with Crippen molar-refractivity contribution >= 4 is 5.95 Å². The van der Waals surface area contributed by atoms with Crippen molar-refractivity contribution in [1.82, 2.24) is 9.97 Å². The molecule has 0 amide bonds. The number of hydrogen-bond donors (Lipinski definition) is 2. The summed E-state index contributed by atoms with van der Waals surface area (Å²) >= 11 is 0. The van der Waals surface area contributed by atoms with Crippen molar-refractivity contribution in [3.8, 4) is 5.88 Å². The van der Waals surface area contributed by atoms with Gasteiger partial charge >= 0.3 is 0 Å². The molecule has 0 aliphatic carbocycles. The number of aromatic nitrogens is 2. The summed E-state index contributed by atoms with van der Waals surface area (Å²) in [6.45, 7) is 7.46. The number of hydrogen-bond acceptors (Lipinski definition) is 5. The Kier molecular flexibility index (Phi) is 5.69. The molecule has 0 bridgehead atoms. The Hall–Kier alpha value is -1.36. The highest BCUT2D eigenvalue weighted by molar-refractivity contribution is 5.30. The van der Waals surface area contributed by atoms with Crippen LogP contribution in [0.4, 0.5) is 5.95 Å². The van der Waals surface area contributed by atoms with Crippen molar-refractivity contribution in [3.05, 3.63) is 11.8 Å². The van der Waals surface area contributed by atoms with Gasteiger partial charge in [-0.3, -0.25) is 0 Å². The van der Waals surface area contributed by atoms with Gasteiger partial charge < -0.3 is 15.2 Å². The quantitative estimate of drug-likeness (QED) is 0.756. The summed E-state index contributed by atoms with van der Waals surface area (Å²) in [6.07, 6.45) is 0.775. The average molecular weight is 239 g/mol. The van der Waals surface area contributed by atoms with Gasteiger partial charge in [-0.05, 0) is 26.2 Å². The second-order valence-electron chi connectivity index (χ2n) is 4.10. The lowest BCUT2D eigenvalue weighted by molar-refractivity contribution is 0.265. The van der Waals surface area contributed by atoms with Crippen LogP contribution >= 0.6 is 0 Å². The first-order valence-electron chi connectivity index (χ1n) is 5.99. The predicted molar refractivity (Wildman–Crippen MR) is 67.3 cm³/mol. The van der Waals surface area contributed by atoms with Crippen molar-refractivity contribution in [2.45, 2.75) is 27.2 Å². The minimum absolute atomic E-state index is 0.210. The zero-order valence-corrected chi connectivity index (χ0v) is 10.7. The molecule has 5 heteroatoms. The van der Waals surface area contributed by atoms with Gasteiger partial charge in [-0.2, -0.15) is 4.98 Å². The van der Waals surface area contributed by atoms with Crippen LogP contribution in [0.3, 0.4) is 0 Å². The second-order valence-corrected chi connectivity index (χ2v) is 4.10. The topological polar surface area (TPSA) is 67.3 Å². The first-order valence-corrected chi connectivity index (χ1v) is 5.99. The van der Waals surface area contributed by atoms with Gasteiger partial charge in [0.1, 0.15) is 0 Å². The lowest BCUT2D eigenvalue weighted by Gasteiger charge is -2.12. The van der Waals surface area contributed by atoms with Crippen molar-refractivity contribution < 1.29 is 9.84 Å². The third-order valence-electron chi connectivity index (χ3n) is 2.35. The van der Waals surface area contributed by atoms with E-state index in [2.05, 4.69) is 22.2 Å². The molecule has 1 unspecified atom stereocenters. The fraction of sp³-hybridized carbons (Fsp3) is 0.667. The van der Waals surface area contributed by atoms with Gasteiger partial charge in [-0.25, -0.2) is 4.98 Å². The lowest BCUT2D eigenvalue weighted by atomic mass is 10.1. The monoisotopic (exact) mass is 239 g/mol. The number of ether oxygens (including phenoxy) is 1. The predicted octanol–water partition coefficient (Wildman–Crippen LogP) is 1.61. The second kappa shape index (κ2) is 7.06. The van der Waals surface area contributed by atoms with Crippen LogP contribution in [0.25, 0.3) is 0 Å². The molecular weight excluding hydrogens is 218 g/mol. The Bertz CT molecular complexity index is 345. The van der Waals surface area contributed by atoms with Gasteiger partial charge in [-0.15, -0.1) is 0 Å². The fourth-order valence-corrected chi connectivity index (χ4v) is 1.43. The van der Waals surface area contributed by atoms with E-state index in [1.807, 2.05) is 19.9 Å². The van der Waals surface area contributed by atoms with Crippen LogP contribution < -0.4 is 10.1 Å². The number of rotatable bonds is 7. The zero-order valence-electron chi connectivity index (χ0n) is 10.7. The maximum absolute atomic E-state index is 8.81. The molecule has 1 atom stereocenters. The van der Waals surface area contributed by atoms with E-state index in [0.717, 1.165) is 18.7 Å². The lowest BCUT2D eigenvalue weighted by Crippen LogP contribution is -2.15. The number of nitrogens with zero attached hydrogens (tertiary/aromatic N) is 2. The molecule has 17 heavy (non-hydrogen) atoms. The Morgan fingerprint density at radius 2 is 2.24 bits per heavy atom. The smallest absolute Gasteiger partial charge is 0.226 e. The van der Waals surface area contributed by atoms with Gasteiger partial charge in [0.25, 0.3) is 0 Å². The maximum Gasteiger partial charge on any atom is 0.226 e. The molecule has 96 valence electrons. The van der Waals surface area contributed by atoms with Gasteiger partial charge in [0.05, 0.1) is 6.61 Å². The highest BCUT2D eigenvalue weighted by Gasteiger charge is 2.05. The summed E-state index contributed by atoms with van der Waals surface area (Å²) in [5.74, 6) is 1.57. The summed E-state index contributed by atoms with van der Waals surface area (Å²) in [4.78, 5) is 8.53. The van der Waals surface area contributed by atoms with Crippen molar-refractivity contribution in [2.75, 3.05) is 25.1 Å². The maximum atomic E-state index is 8.81. The summed E-state index contributed by atoms with van der Waals surface area (Å²) in [7, 11) is 0. The molecule has 1 rings (SSSR count). The van der Waals surface area contributed by atoms with Crippen LogP contribution in [0, 0.1) is 12.8 Å². The molecule has 5 nitrogen and oxygen atoms in total. The standard InChI is InChI=1S/C12H21N3O2/c1-4-17-11-7-10(3)14-12(15-11)13-8-9(2)5-6-16/h7,9,16H,4-6,8H2,1-3H3,(H,13,14,15). The minimum atomic E-state index is 0.210. The molecular formula is C12H21N3O2.